The molecule has 0 aliphatic carbocycles. The molecule has 0 saturated heterocycles. The van der Waals surface area contributed by atoms with Crippen LogP contribution in [0.3, 0.4) is 0 Å². The van der Waals surface area contributed by atoms with Crippen LogP contribution >= 0.6 is 0 Å². The van der Waals surface area contributed by atoms with Gasteiger partial charge in [-0.15, -0.1) is 0 Å². The Hall–Kier alpha value is -4.09. The number of aromatic nitrogens is 4. The van der Waals surface area contributed by atoms with Crippen molar-refractivity contribution in [2.45, 2.75) is 51.7 Å². The van der Waals surface area contributed by atoms with Gasteiger partial charge in [0.2, 0.25) is 5.89 Å². The lowest BCUT2D eigenvalue weighted by molar-refractivity contribution is -0.136. The molecule has 43 heavy (non-hydrogen) atoms. The lowest BCUT2D eigenvalue weighted by atomic mass is 10.2. The first-order valence-corrected chi connectivity index (χ1v) is 16.6. The topological polar surface area (TPSA) is 126 Å². The minimum Gasteiger partial charge on any atom is -0.450 e. The van der Waals surface area contributed by atoms with Crippen molar-refractivity contribution in [1.82, 2.24) is 25.0 Å². The van der Waals surface area contributed by atoms with E-state index in [0.717, 1.165) is 36.6 Å². The SMILES string of the molecule is COCc1noc(CNC(=O)Nc2cc(F)c(Oc3ccnc4c3c(C(F)(F)F)cn4COCC[Si](C)(C)C)c(F)c2)n1. The zero-order chi connectivity index (χ0) is 31.4. The molecule has 232 valence electrons. The van der Waals surface area contributed by atoms with E-state index in [1.54, 1.807) is 0 Å². The second-order valence-electron chi connectivity index (χ2n) is 10.6. The van der Waals surface area contributed by atoms with Crippen molar-refractivity contribution in [2.75, 3.05) is 19.0 Å². The van der Waals surface area contributed by atoms with E-state index in [4.69, 9.17) is 18.7 Å². The van der Waals surface area contributed by atoms with Crippen LogP contribution < -0.4 is 15.4 Å². The molecule has 17 heteroatoms. The Morgan fingerprint density at radius 3 is 2.53 bits per heavy atom. The van der Waals surface area contributed by atoms with Crippen LogP contribution in [0.25, 0.3) is 11.0 Å². The third-order valence-electron chi connectivity index (χ3n) is 5.90. The monoisotopic (exact) mass is 628 g/mol. The number of fused-ring (bicyclic) bond motifs is 1. The summed E-state index contributed by atoms with van der Waals surface area (Å²) in [6, 6.07) is 2.53. The molecule has 0 fully saturated rings. The van der Waals surface area contributed by atoms with Crippen LogP contribution in [0.5, 0.6) is 11.5 Å². The molecule has 0 aliphatic rings. The summed E-state index contributed by atoms with van der Waals surface area (Å²) in [5.41, 5.74) is -1.53. The normalized spacial score (nSPS) is 12.1. The molecule has 2 N–H and O–H groups in total. The fraction of sp³-hybridized carbons (Fsp3) is 0.385. The molecule has 0 aliphatic heterocycles. The van der Waals surface area contributed by atoms with E-state index in [2.05, 4.69) is 45.4 Å². The van der Waals surface area contributed by atoms with Crippen LogP contribution in [0.4, 0.5) is 32.4 Å². The number of hydrogen-bond acceptors (Lipinski definition) is 8. The quantitative estimate of drug-likeness (QED) is 0.107. The molecule has 4 rings (SSSR count). The number of anilines is 1. The van der Waals surface area contributed by atoms with Crippen molar-refractivity contribution >= 4 is 30.8 Å². The Morgan fingerprint density at radius 2 is 1.88 bits per heavy atom. The summed E-state index contributed by atoms with van der Waals surface area (Å²) in [6.07, 6.45) is -2.84. The van der Waals surface area contributed by atoms with Crippen molar-refractivity contribution in [2.24, 2.45) is 0 Å². The first-order chi connectivity index (χ1) is 20.2. The van der Waals surface area contributed by atoms with E-state index in [-0.39, 0.29) is 42.9 Å². The van der Waals surface area contributed by atoms with E-state index in [0.29, 0.717) is 6.61 Å². The fourth-order valence-electron chi connectivity index (χ4n) is 3.85. The number of ether oxygens (including phenoxy) is 3. The number of alkyl halides is 3. The number of halogens is 5. The number of pyridine rings is 1. The minimum atomic E-state index is -4.83. The summed E-state index contributed by atoms with van der Waals surface area (Å²) in [7, 11) is 0.0114. The standard InChI is InChI=1S/C26H29F5N6O5Si/c1-39-13-20-35-21(42-36-20)11-33-25(38)34-15-9-17(27)23(18(28)10-15)41-19-5-6-32-24-22(19)16(26(29,30)31)12-37(24)14-40-7-8-43(2,3)4/h5-6,9-10,12H,7-8,11,13-14H2,1-4H3,(H2,33,34,38). The first kappa shape index (κ1) is 31.8. The number of rotatable bonds is 12. The number of urea groups is 1. The summed E-state index contributed by atoms with van der Waals surface area (Å²) in [5, 5.41) is 7.76. The molecule has 4 aromatic rings. The molecule has 0 unspecified atom stereocenters. The predicted molar refractivity (Wildman–Crippen MR) is 146 cm³/mol. The largest absolute Gasteiger partial charge is 0.450 e. The number of hydrogen-bond donors (Lipinski definition) is 2. The van der Waals surface area contributed by atoms with Gasteiger partial charge in [0.1, 0.15) is 24.7 Å². The highest BCUT2D eigenvalue weighted by molar-refractivity contribution is 6.76. The fourth-order valence-corrected chi connectivity index (χ4v) is 4.60. The van der Waals surface area contributed by atoms with Gasteiger partial charge < -0.3 is 33.9 Å². The average Bonchev–Trinajstić information content (AvgIpc) is 3.52. The molecule has 0 atom stereocenters. The number of carbonyl (C=O) groups is 1. The molecule has 3 heterocycles. The Labute approximate surface area is 243 Å². The van der Waals surface area contributed by atoms with Gasteiger partial charge >= 0.3 is 12.2 Å². The van der Waals surface area contributed by atoms with Crippen molar-refractivity contribution in [3.05, 3.63) is 59.5 Å². The zero-order valence-corrected chi connectivity index (χ0v) is 24.6. The van der Waals surface area contributed by atoms with Crippen molar-refractivity contribution in [3.8, 4) is 11.5 Å². The summed E-state index contributed by atoms with van der Waals surface area (Å²) >= 11 is 0. The van der Waals surface area contributed by atoms with Crippen molar-refractivity contribution < 1.29 is 45.5 Å². The van der Waals surface area contributed by atoms with Gasteiger partial charge in [-0.05, 0) is 12.1 Å². The summed E-state index contributed by atoms with van der Waals surface area (Å²) in [4.78, 5) is 20.2. The predicted octanol–water partition coefficient (Wildman–Crippen LogP) is 6.29. The Kier molecular flexibility index (Phi) is 9.66. The maximum Gasteiger partial charge on any atom is 0.418 e. The van der Waals surface area contributed by atoms with Gasteiger partial charge in [0.05, 0.1) is 17.5 Å². The summed E-state index contributed by atoms with van der Waals surface area (Å²) in [5.74, 6) is -3.66. The molecule has 0 saturated carbocycles. The summed E-state index contributed by atoms with van der Waals surface area (Å²) in [6.45, 7) is 6.48. The average molecular weight is 629 g/mol. The van der Waals surface area contributed by atoms with Crippen LogP contribution in [0, 0.1) is 11.6 Å². The number of benzene rings is 1. The van der Waals surface area contributed by atoms with E-state index < -0.39 is 54.4 Å². The van der Waals surface area contributed by atoms with Crippen molar-refractivity contribution in [1.29, 1.82) is 0 Å². The Balaban J connectivity index is 1.51. The minimum absolute atomic E-state index is 0.0668. The molecule has 11 nitrogen and oxygen atoms in total. The Bertz CT molecular complexity index is 1560. The lowest BCUT2D eigenvalue weighted by Crippen LogP contribution is -2.28. The van der Waals surface area contributed by atoms with Crippen LogP contribution in [-0.2, 0) is 35.5 Å². The highest BCUT2D eigenvalue weighted by Crippen LogP contribution is 2.42. The van der Waals surface area contributed by atoms with Crippen LogP contribution in [0.1, 0.15) is 17.3 Å². The second kappa shape index (κ2) is 13.0. The van der Waals surface area contributed by atoms with Gasteiger partial charge in [-0.1, -0.05) is 24.8 Å². The third-order valence-corrected chi connectivity index (χ3v) is 7.61. The van der Waals surface area contributed by atoms with Gasteiger partial charge in [-0.25, -0.2) is 18.6 Å². The molecule has 0 radical (unpaired) electrons. The molecular formula is C26H29F5N6O5Si. The number of nitrogens with one attached hydrogen (secondary N) is 2. The maximum absolute atomic E-state index is 15.0. The number of methoxy groups -OCH3 is 1. The van der Waals surface area contributed by atoms with Crippen LogP contribution in [0.2, 0.25) is 25.7 Å². The zero-order valence-electron chi connectivity index (χ0n) is 23.6. The maximum atomic E-state index is 15.0. The third kappa shape index (κ3) is 8.26. The van der Waals surface area contributed by atoms with E-state index >= 15 is 0 Å². The Morgan fingerprint density at radius 1 is 1.16 bits per heavy atom. The summed E-state index contributed by atoms with van der Waals surface area (Å²) < 4.78 is 93.8. The van der Waals surface area contributed by atoms with Gasteiger partial charge in [0.25, 0.3) is 0 Å². The molecule has 3 aromatic heterocycles. The first-order valence-electron chi connectivity index (χ1n) is 12.9. The number of carbonyl (C=O) groups excluding carboxylic acids is 1. The number of amides is 2. The van der Waals surface area contributed by atoms with E-state index in [1.165, 1.54) is 11.7 Å². The van der Waals surface area contributed by atoms with Crippen LogP contribution in [0.15, 0.2) is 35.1 Å². The highest BCUT2D eigenvalue weighted by Gasteiger charge is 2.37. The molecular weight excluding hydrogens is 599 g/mol. The smallest absolute Gasteiger partial charge is 0.418 e. The molecule has 0 bridgehead atoms. The van der Waals surface area contributed by atoms with E-state index in [9.17, 15) is 26.7 Å². The van der Waals surface area contributed by atoms with Crippen LogP contribution in [-0.4, -0.2) is 47.5 Å². The lowest BCUT2D eigenvalue weighted by Gasteiger charge is -2.15. The molecule has 1 aromatic carbocycles. The van der Waals surface area contributed by atoms with E-state index in [1.807, 2.05) is 0 Å². The van der Waals surface area contributed by atoms with Gasteiger partial charge in [-0.2, -0.15) is 18.2 Å². The molecule has 0 spiro atoms. The van der Waals surface area contributed by atoms with Gasteiger partial charge in [-0.3, -0.25) is 0 Å². The van der Waals surface area contributed by atoms with Gasteiger partial charge in [0, 0.05) is 52.0 Å². The number of nitrogens with zero attached hydrogens (tertiary/aromatic N) is 4. The molecule has 2 amide bonds. The van der Waals surface area contributed by atoms with Crippen molar-refractivity contribution in [3.63, 3.8) is 0 Å². The van der Waals surface area contributed by atoms with Gasteiger partial charge in [0.15, 0.2) is 23.2 Å². The highest BCUT2D eigenvalue weighted by atomic mass is 28.3. The second-order valence-corrected chi connectivity index (χ2v) is 16.2.